The molecule has 0 aliphatic rings. The summed E-state index contributed by atoms with van der Waals surface area (Å²) in [6.07, 6.45) is 6.14. The number of aromatic nitrogens is 3. The molecule has 2 heterocycles. The number of halogens is 1. The molecule has 0 fully saturated rings. The first kappa shape index (κ1) is 15.5. The zero-order valence-electron chi connectivity index (χ0n) is 12.6. The SMILES string of the molecule is N=C(/C=C(\NCc1ccccc1F)c1ccno1)c1ncccn1. The van der Waals surface area contributed by atoms with Gasteiger partial charge in [0.2, 0.25) is 0 Å². The molecule has 0 bridgehead atoms. The van der Waals surface area contributed by atoms with Gasteiger partial charge in [0.25, 0.3) is 0 Å². The fraction of sp³-hybridized carbons (Fsp3) is 0.0588. The maximum atomic E-state index is 13.8. The molecule has 0 aliphatic carbocycles. The van der Waals surface area contributed by atoms with E-state index < -0.39 is 0 Å². The number of benzene rings is 1. The quantitative estimate of drug-likeness (QED) is 0.681. The van der Waals surface area contributed by atoms with Gasteiger partial charge in [-0.2, -0.15) is 0 Å². The van der Waals surface area contributed by atoms with Gasteiger partial charge in [-0.25, -0.2) is 14.4 Å². The summed E-state index contributed by atoms with van der Waals surface area (Å²) >= 11 is 0. The highest BCUT2D eigenvalue weighted by Gasteiger charge is 2.10. The normalized spacial score (nSPS) is 11.3. The fourth-order valence-corrected chi connectivity index (χ4v) is 2.04. The van der Waals surface area contributed by atoms with Crippen molar-refractivity contribution in [1.82, 2.24) is 20.4 Å². The Labute approximate surface area is 137 Å². The Hall–Kier alpha value is -3.35. The number of allylic oxidation sites excluding steroid dienone is 1. The van der Waals surface area contributed by atoms with E-state index in [1.54, 1.807) is 42.7 Å². The van der Waals surface area contributed by atoms with Crippen LogP contribution in [-0.2, 0) is 6.54 Å². The summed E-state index contributed by atoms with van der Waals surface area (Å²) in [6, 6.07) is 9.81. The first-order valence-electron chi connectivity index (χ1n) is 7.20. The maximum absolute atomic E-state index is 13.8. The van der Waals surface area contributed by atoms with Crippen LogP contribution in [0.4, 0.5) is 4.39 Å². The molecule has 0 unspecified atom stereocenters. The van der Waals surface area contributed by atoms with Crippen molar-refractivity contribution in [2.24, 2.45) is 0 Å². The minimum absolute atomic E-state index is 0.100. The lowest BCUT2D eigenvalue weighted by Crippen LogP contribution is -2.14. The van der Waals surface area contributed by atoms with E-state index in [1.807, 2.05) is 0 Å². The van der Waals surface area contributed by atoms with Crippen molar-refractivity contribution in [3.8, 4) is 0 Å². The van der Waals surface area contributed by atoms with Crippen LogP contribution in [0, 0.1) is 11.2 Å². The highest BCUT2D eigenvalue weighted by atomic mass is 19.1. The van der Waals surface area contributed by atoms with Gasteiger partial charge in [-0.3, -0.25) is 5.41 Å². The number of hydrogen-bond acceptors (Lipinski definition) is 6. The van der Waals surface area contributed by atoms with Gasteiger partial charge in [0.15, 0.2) is 11.6 Å². The van der Waals surface area contributed by atoms with Gasteiger partial charge >= 0.3 is 0 Å². The summed E-state index contributed by atoms with van der Waals surface area (Å²) in [5.41, 5.74) is 1.10. The standard InChI is InChI=1S/C17H14FN5O/c18-13-5-2-1-4-12(13)11-22-15(16-6-9-23-24-16)10-14(19)17-20-7-3-8-21-17/h1-10,19,22H,11H2/b15-10-,19-14?. The van der Waals surface area contributed by atoms with Crippen LogP contribution in [0.25, 0.3) is 5.70 Å². The molecule has 24 heavy (non-hydrogen) atoms. The molecule has 3 rings (SSSR count). The van der Waals surface area contributed by atoms with E-state index in [0.29, 0.717) is 17.0 Å². The second-order valence-corrected chi connectivity index (χ2v) is 4.87. The fourth-order valence-electron chi connectivity index (χ4n) is 2.04. The van der Waals surface area contributed by atoms with Crippen molar-refractivity contribution in [2.75, 3.05) is 0 Å². The van der Waals surface area contributed by atoms with Crippen LogP contribution in [0.3, 0.4) is 0 Å². The summed E-state index contributed by atoms with van der Waals surface area (Å²) < 4.78 is 18.9. The molecule has 0 saturated carbocycles. The third-order valence-corrected chi connectivity index (χ3v) is 3.23. The molecule has 2 aromatic heterocycles. The Kier molecular flexibility index (Phi) is 4.71. The average Bonchev–Trinajstić information content (AvgIpc) is 3.15. The lowest BCUT2D eigenvalue weighted by Gasteiger charge is -2.09. The lowest BCUT2D eigenvalue weighted by atomic mass is 10.2. The molecule has 6 nitrogen and oxygen atoms in total. The van der Waals surface area contributed by atoms with E-state index in [1.165, 1.54) is 18.3 Å². The van der Waals surface area contributed by atoms with Crippen LogP contribution in [0.2, 0.25) is 0 Å². The molecule has 0 atom stereocenters. The average molecular weight is 323 g/mol. The van der Waals surface area contributed by atoms with Crippen molar-refractivity contribution < 1.29 is 8.91 Å². The van der Waals surface area contributed by atoms with Crippen molar-refractivity contribution in [3.05, 3.63) is 84.0 Å². The van der Waals surface area contributed by atoms with Crippen LogP contribution in [0.1, 0.15) is 17.1 Å². The van der Waals surface area contributed by atoms with E-state index >= 15 is 0 Å². The topological polar surface area (TPSA) is 87.7 Å². The molecule has 2 N–H and O–H groups in total. The zero-order chi connectivity index (χ0) is 16.8. The Morgan fingerprint density at radius 3 is 2.62 bits per heavy atom. The molecule has 1 aromatic carbocycles. The van der Waals surface area contributed by atoms with Gasteiger partial charge in [-0.15, -0.1) is 0 Å². The second-order valence-electron chi connectivity index (χ2n) is 4.87. The molecule has 0 amide bonds. The van der Waals surface area contributed by atoms with E-state index in [9.17, 15) is 4.39 Å². The van der Waals surface area contributed by atoms with Crippen molar-refractivity contribution >= 4 is 11.4 Å². The first-order valence-corrected chi connectivity index (χ1v) is 7.20. The van der Waals surface area contributed by atoms with Crippen LogP contribution in [-0.4, -0.2) is 20.8 Å². The van der Waals surface area contributed by atoms with Gasteiger partial charge in [0, 0.05) is 30.6 Å². The van der Waals surface area contributed by atoms with Crippen LogP contribution < -0.4 is 5.32 Å². The molecule has 3 aromatic rings. The first-order chi connectivity index (χ1) is 11.7. The molecule has 0 saturated heterocycles. The van der Waals surface area contributed by atoms with Crippen molar-refractivity contribution in [2.45, 2.75) is 6.54 Å². The van der Waals surface area contributed by atoms with Crippen LogP contribution in [0.15, 0.2) is 65.6 Å². The van der Waals surface area contributed by atoms with Crippen molar-refractivity contribution in [3.63, 3.8) is 0 Å². The lowest BCUT2D eigenvalue weighted by molar-refractivity contribution is 0.407. The van der Waals surface area contributed by atoms with Crippen LogP contribution in [0.5, 0.6) is 0 Å². The smallest absolute Gasteiger partial charge is 0.182 e. The van der Waals surface area contributed by atoms with E-state index in [4.69, 9.17) is 9.93 Å². The predicted molar refractivity (Wildman–Crippen MR) is 86.6 cm³/mol. The predicted octanol–water partition coefficient (Wildman–Crippen LogP) is 2.80. The number of nitrogens with zero attached hydrogens (tertiary/aromatic N) is 3. The van der Waals surface area contributed by atoms with Gasteiger partial charge in [-0.05, 0) is 18.2 Å². The Bertz CT molecular complexity index is 846. The molecular weight excluding hydrogens is 309 g/mol. The molecule has 120 valence electrons. The summed E-state index contributed by atoms with van der Waals surface area (Å²) in [4.78, 5) is 8.06. The summed E-state index contributed by atoms with van der Waals surface area (Å²) in [5.74, 6) is 0.414. The minimum atomic E-state index is -0.302. The van der Waals surface area contributed by atoms with E-state index in [-0.39, 0.29) is 23.9 Å². The second kappa shape index (κ2) is 7.28. The molecule has 0 aliphatic heterocycles. The maximum Gasteiger partial charge on any atom is 0.182 e. The third kappa shape index (κ3) is 3.70. The summed E-state index contributed by atoms with van der Waals surface area (Å²) in [6.45, 7) is 0.238. The largest absolute Gasteiger partial charge is 0.378 e. The monoisotopic (exact) mass is 323 g/mol. The number of hydrogen-bond donors (Lipinski definition) is 2. The molecule has 0 radical (unpaired) electrons. The Morgan fingerprint density at radius 1 is 1.12 bits per heavy atom. The minimum Gasteiger partial charge on any atom is -0.378 e. The number of nitrogens with one attached hydrogen (secondary N) is 2. The van der Waals surface area contributed by atoms with Crippen molar-refractivity contribution in [1.29, 1.82) is 5.41 Å². The molecule has 0 spiro atoms. The number of rotatable bonds is 6. The highest BCUT2D eigenvalue weighted by Crippen LogP contribution is 2.14. The van der Waals surface area contributed by atoms with Crippen LogP contribution >= 0.6 is 0 Å². The Balaban J connectivity index is 1.83. The van der Waals surface area contributed by atoms with Gasteiger partial charge < -0.3 is 9.84 Å². The van der Waals surface area contributed by atoms with E-state index in [0.717, 1.165) is 0 Å². The summed E-state index contributed by atoms with van der Waals surface area (Å²) in [7, 11) is 0. The molecule has 7 heteroatoms. The highest BCUT2D eigenvalue weighted by molar-refractivity contribution is 6.07. The van der Waals surface area contributed by atoms with E-state index in [2.05, 4.69) is 20.4 Å². The zero-order valence-corrected chi connectivity index (χ0v) is 12.6. The summed E-state index contributed by atoms with van der Waals surface area (Å²) in [5, 5.41) is 14.8. The Morgan fingerprint density at radius 2 is 1.92 bits per heavy atom. The molecular formula is C17H14FN5O. The van der Waals surface area contributed by atoms with Gasteiger partial charge in [-0.1, -0.05) is 23.4 Å². The van der Waals surface area contributed by atoms with Gasteiger partial charge in [0.05, 0.1) is 11.9 Å². The third-order valence-electron chi connectivity index (χ3n) is 3.23. The van der Waals surface area contributed by atoms with Gasteiger partial charge in [0.1, 0.15) is 11.5 Å².